The molecule has 0 spiro atoms. The standard InChI is InChI=1S/C30H34Cl2N4O3S/c1-34(2)14-7-15-35(3)28(38)19-36-29(39)26(40-30(36)24-13-12-22(31)16-25(24)32)17-27(37)33-18-21-10-6-9-20-8-4-5-11-23(20)21/h4-6,8-13,16,26,30H,7,14-15,17-19H2,1-3H3,(H,33,37)/t26-,30-/m1/s1. The molecule has 3 amide bonds. The molecule has 0 saturated carbocycles. The Bertz CT molecular complexity index is 1380. The quantitative estimate of drug-likeness (QED) is 0.327. The van der Waals surface area contributed by atoms with Crippen LogP contribution in [0.5, 0.6) is 0 Å². The van der Waals surface area contributed by atoms with Crippen LogP contribution in [-0.2, 0) is 20.9 Å². The Kier molecular flexibility index (Phi) is 10.4. The SMILES string of the molecule is CN(C)CCCN(C)C(=O)CN1C(=O)[C@@H](CC(=O)NCc2cccc3ccccc23)S[C@@H]1c1ccc(Cl)cc1Cl. The van der Waals surface area contributed by atoms with Crippen LogP contribution in [0.3, 0.4) is 0 Å². The van der Waals surface area contributed by atoms with Crippen LogP contribution >= 0.6 is 35.0 Å². The Labute approximate surface area is 249 Å². The van der Waals surface area contributed by atoms with Gasteiger partial charge in [0.25, 0.3) is 0 Å². The number of nitrogens with zero attached hydrogens (tertiary/aromatic N) is 3. The fraction of sp³-hybridized carbons (Fsp3) is 0.367. The molecule has 3 aromatic rings. The van der Waals surface area contributed by atoms with Gasteiger partial charge in [0.2, 0.25) is 17.7 Å². The molecule has 4 rings (SSSR count). The summed E-state index contributed by atoms with van der Waals surface area (Å²) in [5, 5.41) is 4.90. The molecule has 0 bridgehead atoms. The van der Waals surface area contributed by atoms with Gasteiger partial charge in [-0.25, -0.2) is 0 Å². The van der Waals surface area contributed by atoms with Crippen LogP contribution in [0.15, 0.2) is 60.7 Å². The van der Waals surface area contributed by atoms with Gasteiger partial charge in [-0.15, -0.1) is 11.8 Å². The number of halogens is 2. The molecule has 10 heteroatoms. The third kappa shape index (κ3) is 7.49. The van der Waals surface area contributed by atoms with E-state index in [1.54, 1.807) is 30.1 Å². The minimum atomic E-state index is -0.642. The highest BCUT2D eigenvalue weighted by molar-refractivity contribution is 8.01. The van der Waals surface area contributed by atoms with Crippen molar-refractivity contribution in [2.24, 2.45) is 0 Å². The molecule has 40 heavy (non-hydrogen) atoms. The Hall–Kier alpha value is -2.78. The lowest BCUT2D eigenvalue weighted by Gasteiger charge is -2.27. The Balaban J connectivity index is 1.46. The number of amides is 3. The summed E-state index contributed by atoms with van der Waals surface area (Å²) >= 11 is 14.0. The molecule has 1 heterocycles. The lowest BCUT2D eigenvalue weighted by molar-refractivity contribution is -0.139. The van der Waals surface area contributed by atoms with Crippen LogP contribution in [0.4, 0.5) is 0 Å². The van der Waals surface area contributed by atoms with E-state index in [4.69, 9.17) is 23.2 Å². The number of thioether (sulfide) groups is 1. The molecule has 0 unspecified atom stereocenters. The molecule has 3 aromatic carbocycles. The Morgan fingerprint density at radius 2 is 1.75 bits per heavy atom. The Morgan fingerprint density at radius 1 is 1.00 bits per heavy atom. The highest BCUT2D eigenvalue weighted by atomic mass is 35.5. The molecule has 1 N–H and O–H groups in total. The zero-order valence-electron chi connectivity index (χ0n) is 22.9. The number of carbonyl (C=O) groups is 3. The smallest absolute Gasteiger partial charge is 0.241 e. The molecule has 1 aliphatic rings. The van der Waals surface area contributed by atoms with Crippen molar-refractivity contribution < 1.29 is 14.4 Å². The van der Waals surface area contributed by atoms with Crippen molar-refractivity contribution in [2.45, 2.75) is 30.0 Å². The van der Waals surface area contributed by atoms with Gasteiger partial charge in [-0.05, 0) is 55.5 Å². The first-order chi connectivity index (χ1) is 19.1. The topological polar surface area (TPSA) is 73.0 Å². The molecular weight excluding hydrogens is 567 g/mol. The normalized spacial score (nSPS) is 17.1. The summed E-state index contributed by atoms with van der Waals surface area (Å²) in [5.74, 6) is -0.645. The van der Waals surface area contributed by atoms with E-state index in [9.17, 15) is 14.4 Å². The maximum Gasteiger partial charge on any atom is 0.241 e. The van der Waals surface area contributed by atoms with Crippen molar-refractivity contribution in [3.05, 3.63) is 81.8 Å². The zero-order chi connectivity index (χ0) is 28.8. The summed E-state index contributed by atoms with van der Waals surface area (Å²) in [7, 11) is 5.72. The summed E-state index contributed by atoms with van der Waals surface area (Å²) < 4.78 is 0. The predicted octanol–water partition coefficient (Wildman–Crippen LogP) is 5.21. The number of nitrogens with one attached hydrogen (secondary N) is 1. The van der Waals surface area contributed by atoms with Crippen molar-refractivity contribution in [1.29, 1.82) is 0 Å². The van der Waals surface area contributed by atoms with Gasteiger partial charge in [0, 0.05) is 42.2 Å². The first kappa shape index (κ1) is 30.2. The number of benzene rings is 3. The van der Waals surface area contributed by atoms with E-state index in [-0.39, 0.29) is 30.7 Å². The number of hydrogen-bond acceptors (Lipinski definition) is 5. The highest BCUT2D eigenvalue weighted by Gasteiger charge is 2.43. The van der Waals surface area contributed by atoms with E-state index < -0.39 is 10.6 Å². The summed E-state index contributed by atoms with van der Waals surface area (Å²) in [5.41, 5.74) is 1.69. The lowest BCUT2D eigenvalue weighted by atomic mass is 10.0. The van der Waals surface area contributed by atoms with Crippen LogP contribution in [0.2, 0.25) is 10.0 Å². The average molecular weight is 602 g/mol. The van der Waals surface area contributed by atoms with Crippen LogP contribution < -0.4 is 5.32 Å². The third-order valence-electron chi connectivity index (χ3n) is 6.92. The van der Waals surface area contributed by atoms with Crippen LogP contribution in [0.25, 0.3) is 10.8 Å². The summed E-state index contributed by atoms with van der Waals surface area (Å²) in [6, 6.07) is 19.1. The third-order valence-corrected chi connectivity index (χ3v) is 8.95. The Morgan fingerprint density at radius 3 is 2.50 bits per heavy atom. The van der Waals surface area contributed by atoms with E-state index in [0.29, 0.717) is 28.7 Å². The van der Waals surface area contributed by atoms with Crippen molar-refractivity contribution in [3.63, 3.8) is 0 Å². The first-order valence-corrected chi connectivity index (χ1v) is 14.9. The molecule has 0 radical (unpaired) electrons. The van der Waals surface area contributed by atoms with Crippen molar-refractivity contribution >= 4 is 63.5 Å². The van der Waals surface area contributed by atoms with E-state index in [2.05, 4.69) is 10.2 Å². The minimum Gasteiger partial charge on any atom is -0.352 e. The van der Waals surface area contributed by atoms with E-state index in [1.807, 2.05) is 56.6 Å². The van der Waals surface area contributed by atoms with Crippen LogP contribution in [0, 0.1) is 0 Å². The zero-order valence-corrected chi connectivity index (χ0v) is 25.2. The van der Waals surface area contributed by atoms with Gasteiger partial charge in [-0.2, -0.15) is 0 Å². The second-order valence-corrected chi connectivity index (χ2v) is 12.3. The number of carbonyl (C=O) groups excluding carboxylic acids is 3. The first-order valence-electron chi connectivity index (χ1n) is 13.2. The summed E-state index contributed by atoms with van der Waals surface area (Å²) in [4.78, 5) is 44.9. The van der Waals surface area contributed by atoms with Gasteiger partial charge in [0.1, 0.15) is 11.9 Å². The fourth-order valence-electron chi connectivity index (χ4n) is 4.72. The molecule has 1 fully saturated rings. The summed E-state index contributed by atoms with van der Waals surface area (Å²) in [6.07, 6.45) is 0.823. The molecule has 1 saturated heterocycles. The van der Waals surface area contributed by atoms with Gasteiger partial charge in [0.05, 0.1) is 5.25 Å². The van der Waals surface area contributed by atoms with E-state index >= 15 is 0 Å². The largest absolute Gasteiger partial charge is 0.352 e. The molecule has 7 nitrogen and oxygen atoms in total. The molecule has 0 aromatic heterocycles. The molecule has 2 atom stereocenters. The van der Waals surface area contributed by atoms with Crippen LogP contribution in [0.1, 0.15) is 29.3 Å². The number of likely N-dealkylation sites (N-methyl/N-ethyl adjacent to an activating group) is 1. The lowest BCUT2D eigenvalue weighted by Crippen LogP contribution is -2.42. The summed E-state index contributed by atoms with van der Waals surface area (Å²) in [6.45, 7) is 1.70. The predicted molar refractivity (Wildman–Crippen MR) is 164 cm³/mol. The van der Waals surface area contributed by atoms with E-state index in [0.717, 1.165) is 29.3 Å². The minimum absolute atomic E-state index is 0.000655. The number of rotatable bonds is 11. The van der Waals surface area contributed by atoms with Gasteiger partial charge < -0.3 is 20.0 Å². The van der Waals surface area contributed by atoms with Gasteiger partial charge >= 0.3 is 0 Å². The maximum absolute atomic E-state index is 13.6. The fourth-order valence-corrected chi connectivity index (χ4v) is 6.79. The number of fused-ring (bicyclic) bond motifs is 1. The second-order valence-electron chi connectivity index (χ2n) is 10.2. The average Bonchev–Trinajstić information content (AvgIpc) is 3.21. The molecular formula is C30H34Cl2N4O3S. The second kappa shape index (κ2) is 13.7. The molecule has 212 valence electrons. The van der Waals surface area contributed by atoms with Crippen molar-refractivity contribution in [1.82, 2.24) is 20.0 Å². The van der Waals surface area contributed by atoms with Gasteiger partial charge in [-0.1, -0.05) is 71.7 Å². The van der Waals surface area contributed by atoms with E-state index in [1.165, 1.54) is 16.7 Å². The van der Waals surface area contributed by atoms with Crippen molar-refractivity contribution in [2.75, 3.05) is 40.8 Å². The molecule has 1 aliphatic heterocycles. The van der Waals surface area contributed by atoms with Crippen molar-refractivity contribution in [3.8, 4) is 0 Å². The monoisotopic (exact) mass is 600 g/mol. The van der Waals surface area contributed by atoms with Crippen LogP contribution in [-0.4, -0.2) is 78.4 Å². The molecule has 0 aliphatic carbocycles. The highest BCUT2D eigenvalue weighted by Crippen LogP contribution is 2.46. The maximum atomic E-state index is 13.6. The van der Waals surface area contributed by atoms with Gasteiger partial charge in [-0.3, -0.25) is 14.4 Å². The van der Waals surface area contributed by atoms with Gasteiger partial charge in [0.15, 0.2) is 0 Å². The number of hydrogen-bond donors (Lipinski definition) is 1.